The first-order valence-electron chi connectivity index (χ1n) is 11.2. The molecule has 0 unspecified atom stereocenters. The summed E-state index contributed by atoms with van der Waals surface area (Å²) in [6.45, 7) is 4.29. The van der Waals surface area contributed by atoms with Crippen molar-refractivity contribution in [3.05, 3.63) is 77.0 Å². The average Bonchev–Trinajstić information content (AvgIpc) is 3.27. The van der Waals surface area contributed by atoms with Gasteiger partial charge in [0.25, 0.3) is 5.91 Å². The highest BCUT2D eigenvalue weighted by Gasteiger charge is 2.34. The van der Waals surface area contributed by atoms with Crippen LogP contribution in [0.25, 0.3) is 10.9 Å². The second-order valence-electron chi connectivity index (χ2n) is 8.85. The van der Waals surface area contributed by atoms with E-state index >= 15 is 0 Å². The lowest BCUT2D eigenvalue weighted by atomic mass is 9.97. The molecule has 6 nitrogen and oxygen atoms in total. The summed E-state index contributed by atoms with van der Waals surface area (Å²) in [7, 11) is 0. The minimum atomic E-state index is -0.437. The van der Waals surface area contributed by atoms with Gasteiger partial charge in [-0.2, -0.15) is 0 Å². The number of hydrogen-bond donors (Lipinski definition) is 3. The molecule has 4 rings (SSSR count). The Morgan fingerprint density at radius 2 is 1.84 bits per heavy atom. The van der Waals surface area contributed by atoms with Crippen molar-refractivity contribution < 1.29 is 14.8 Å². The predicted octanol–water partition coefficient (Wildman–Crippen LogP) is 4.35. The van der Waals surface area contributed by atoms with Gasteiger partial charge in [0.05, 0.1) is 11.4 Å². The predicted molar refractivity (Wildman–Crippen MR) is 124 cm³/mol. The van der Waals surface area contributed by atoms with Gasteiger partial charge in [0, 0.05) is 22.7 Å². The number of carbonyl (C=O) groups excluding carboxylic acids is 2. The maximum atomic E-state index is 12.7. The van der Waals surface area contributed by atoms with Gasteiger partial charge >= 0.3 is 0 Å². The van der Waals surface area contributed by atoms with Crippen molar-refractivity contribution in [1.82, 2.24) is 15.8 Å². The molecule has 1 fully saturated rings. The van der Waals surface area contributed by atoms with Crippen molar-refractivity contribution in [1.29, 1.82) is 0 Å². The molecule has 3 N–H and O–H groups in total. The maximum Gasteiger partial charge on any atom is 0.251 e. The molecule has 0 saturated heterocycles. The Morgan fingerprint density at radius 3 is 2.56 bits per heavy atom. The first kappa shape index (κ1) is 22.0. The van der Waals surface area contributed by atoms with Crippen molar-refractivity contribution >= 4 is 22.7 Å². The number of pyridine rings is 1. The van der Waals surface area contributed by atoms with Crippen molar-refractivity contribution in [2.45, 2.75) is 51.5 Å². The van der Waals surface area contributed by atoms with Crippen molar-refractivity contribution in [3.8, 4) is 0 Å². The Morgan fingerprint density at radius 1 is 1.09 bits per heavy atom. The molecule has 6 heteroatoms. The van der Waals surface area contributed by atoms with Gasteiger partial charge in [-0.25, -0.2) is 5.48 Å². The van der Waals surface area contributed by atoms with Gasteiger partial charge in [-0.05, 0) is 60.6 Å². The monoisotopic (exact) mass is 431 g/mol. The average molecular weight is 432 g/mol. The number of benzene rings is 2. The number of hydroxylamine groups is 1. The summed E-state index contributed by atoms with van der Waals surface area (Å²) < 4.78 is 0. The van der Waals surface area contributed by atoms with E-state index in [0.29, 0.717) is 17.9 Å². The van der Waals surface area contributed by atoms with Crippen LogP contribution in [0.5, 0.6) is 0 Å². The number of rotatable bonds is 6. The van der Waals surface area contributed by atoms with Gasteiger partial charge in [0.2, 0.25) is 5.91 Å². The van der Waals surface area contributed by atoms with E-state index in [4.69, 9.17) is 10.2 Å². The van der Waals surface area contributed by atoms with E-state index in [1.54, 1.807) is 5.48 Å². The number of fused-ring (bicyclic) bond motifs is 1. The fourth-order valence-electron chi connectivity index (χ4n) is 4.49. The smallest absolute Gasteiger partial charge is 0.251 e. The highest BCUT2D eigenvalue weighted by molar-refractivity contribution is 5.95. The standard InChI is InChI=1S/C26H29N3O3/c1-16(2)24-15-19(20-6-3-4-8-22(20)27-24)14-17-10-12-18(13-11-17)25(30)28-23-9-5-7-21(23)26(31)29-32/h3-4,6,8,10-13,15-16,21,23,32H,5,7,9,14H2,1-2H3,(H,28,30)(H,29,31)/t21-,23+/m1/s1. The zero-order chi connectivity index (χ0) is 22.7. The molecule has 32 heavy (non-hydrogen) atoms. The Bertz CT molecular complexity index is 1120. The van der Waals surface area contributed by atoms with E-state index in [2.05, 4.69) is 31.3 Å². The van der Waals surface area contributed by atoms with E-state index < -0.39 is 11.8 Å². The van der Waals surface area contributed by atoms with E-state index in [9.17, 15) is 9.59 Å². The van der Waals surface area contributed by atoms with Crippen LogP contribution in [0, 0.1) is 5.92 Å². The Hall–Kier alpha value is -3.25. The molecule has 0 spiro atoms. The number of nitrogens with one attached hydrogen (secondary N) is 2. The van der Waals surface area contributed by atoms with Crippen LogP contribution in [-0.4, -0.2) is 28.0 Å². The summed E-state index contributed by atoms with van der Waals surface area (Å²) in [4.78, 5) is 29.3. The molecule has 3 aromatic rings. The zero-order valence-electron chi connectivity index (χ0n) is 18.5. The number of amides is 2. The number of hydrogen-bond acceptors (Lipinski definition) is 4. The van der Waals surface area contributed by atoms with Crippen LogP contribution >= 0.6 is 0 Å². The third-order valence-corrected chi connectivity index (χ3v) is 6.30. The molecule has 2 aromatic carbocycles. The molecule has 0 bridgehead atoms. The lowest BCUT2D eigenvalue weighted by Gasteiger charge is -2.19. The number of nitrogens with zero attached hydrogens (tertiary/aromatic N) is 1. The minimum Gasteiger partial charge on any atom is -0.349 e. The molecule has 1 heterocycles. The van der Waals surface area contributed by atoms with Crippen molar-refractivity contribution in [2.75, 3.05) is 0 Å². The van der Waals surface area contributed by atoms with Crippen LogP contribution in [0.4, 0.5) is 0 Å². The fourth-order valence-corrected chi connectivity index (χ4v) is 4.49. The fraction of sp³-hybridized carbons (Fsp3) is 0.346. The number of carbonyl (C=O) groups is 2. The molecule has 0 aliphatic heterocycles. The largest absolute Gasteiger partial charge is 0.349 e. The van der Waals surface area contributed by atoms with Gasteiger partial charge in [-0.15, -0.1) is 0 Å². The van der Waals surface area contributed by atoms with Crippen LogP contribution in [0.2, 0.25) is 0 Å². The van der Waals surface area contributed by atoms with Crippen LogP contribution in [0.3, 0.4) is 0 Å². The topological polar surface area (TPSA) is 91.3 Å². The summed E-state index contributed by atoms with van der Waals surface area (Å²) in [5, 5.41) is 13.0. The van der Waals surface area contributed by atoms with E-state index in [0.717, 1.165) is 41.4 Å². The SMILES string of the molecule is CC(C)c1cc(Cc2ccc(C(=O)N[C@H]3CCC[C@H]3C(=O)NO)cc2)c2ccccc2n1. The lowest BCUT2D eigenvalue weighted by Crippen LogP contribution is -2.43. The maximum absolute atomic E-state index is 12.7. The summed E-state index contributed by atoms with van der Waals surface area (Å²) in [5.74, 6) is -0.681. The zero-order valence-corrected chi connectivity index (χ0v) is 18.5. The lowest BCUT2D eigenvalue weighted by molar-refractivity contribution is -0.133. The quantitative estimate of drug-likeness (QED) is 0.400. The second kappa shape index (κ2) is 9.49. The molecule has 1 aliphatic carbocycles. The van der Waals surface area contributed by atoms with E-state index in [1.165, 1.54) is 5.56 Å². The van der Waals surface area contributed by atoms with Gasteiger partial charge < -0.3 is 5.32 Å². The summed E-state index contributed by atoms with van der Waals surface area (Å²) in [5.41, 5.74) is 6.69. The van der Waals surface area contributed by atoms with E-state index in [1.807, 2.05) is 42.5 Å². The van der Waals surface area contributed by atoms with Crippen LogP contribution in [-0.2, 0) is 11.2 Å². The normalized spacial score (nSPS) is 18.1. The molecule has 1 aromatic heterocycles. The highest BCUT2D eigenvalue weighted by atomic mass is 16.5. The third kappa shape index (κ3) is 4.65. The van der Waals surface area contributed by atoms with Crippen molar-refractivity contribution in [3.63, 3.8) is 0 Å². The molecule has 0 radical (unpaired) electrons. The minimum absolute atomic E-state index is 0.198. The second-order valence-corrected chi connectivity index (χ2v) is 8.85. The first-order valence-corrected chi connectivity index (χ1v) is 11.2. The Kier molecular flexibility index (Phi) is 6.51. The van der Waals surface area contributed by atoms with Crippen LogP contribution in [0.1, 0.15) is 66.2 Å². The van der Waals surface area contributed by atoms with Gasteiger partial charge in [-0.1, -0.05) is 50.6 Å². The van der Waals surface area contributed by atoms with Crippen LogP contribution in [0.15, 0.2) is 54.6 Å². The Labute approximate surface area is 188 Å². The Balaban J connectivity index is 1.50. The van der Waals surface area contributed by atoms with Gasteiger partial charge in [-0.3, -0.25) is 19.8 Å². The molecular formula is C26H29N3O3. The van der Waals surface area contributed by atoms with Gasteiger partial charge in [0.15, 0.2) is 0 Å². The summed E-state index contributed by atoms with van der Waals surface area (Å²) in [6.07, 6.45) is 3.00. The van der Waals surface area contributed by atoms with Crippen molar-refractivity contribution in [2.24, 2.45) is 5.92 Å². The first-order chi connectivity index (χ1) is 15.5. The molecule has 2 amide bonds. The van der Waals surface area contributed by atoms with Gasteiger partial charge in [0.1, 0.15) is 0 Å². The van der Waals surface area contributed by atoms with Crippen LogP contribution < -0.4 is 10.8 Å². The molecular weight excluding hydrogens is 402 g/mol. The number of aromatic nitrogens is 1. The molecule has 1 aliphatic rings. The summed E-state index contributed by atoms with van der Waals surface area (Å²) >= 11 is 0. The molecule has 166 valence electrons. The van der Waals surface area contributed by atoms with E-state index in [-0.39, 0.29) is 11.9 Å². The summed E-state index contributed by atoms with van der Waals surface area (Å²) in [6, 6.07) is 17.7. The molecule has 1 saturated carbocycles. The highest BCUT2D eigenvalue weighted by Crippen LogP contribution is 2.27. The number of para-hydroxylation sites is 1. The molecule has 2 atom stereocenters. The third-order valence-electron chi connectivity index (χ3n) is 6.30.